The molecule has 4 aromatic rings. The van der Waals surface area contributed by atoms with Gasteiger partial charge in [-0.2, -0.15) is 18.2 Å². The Morgan fingerprint density at radius 2 is 1.80 bits per heavy atom. The van der Waals surface area contributed by atoms with Crippen LogP contribution in [-0.2, 0) is 12.7 Å². The summed E-state index contributed by atoms with van der Waals surface area (Å²) >= 11 is 0. The topological polar surface area (TPSA) is 67.7 Å². The van der Waals surface area contributed by atoms with E-state index in [0.717, 1.165) is 23.5 Å². The summed E-state index contributed by atoms with van der Waals surface area (Å²) in [7, 11) is 0. The molecule has 2 aromatic carbocycles. The Labute approximate surface area is 170 Å². The third kappa shape index (κ3) is 4.75. The van der Waals surface area contributed by atoms with Gasteiger partial charge in [0.2, 0.25) is 5.95 Å². The molecule has 6 nitrogen and oxygen atoms in total. The lowest BCUT2D eigenvalue weighted by Crippen LogP contribution is -2.07. The van der Waals surface area contributed by atoms with Crippen LogP contribution in [0.15, 0.2) is 79.5 Å². The summed E-state index contributed by atoms with van der Waals surface area (Å²) in [4.78, 5) is 12.6. The minimum absolute atomic E-state index is 0.208. The van der Waals surface area contributed by atoms with Gasteiger partial charge in [-0.1, -0.05) is 12.1 Å². The largest absolute Gasteiger partial charge is 0.416 e. The summed E-state index contributed by atoms with van der Waals surface area (Å²) in [5.41, 5.74) is 1.60. The number of nitrogens with one attached hydrogen (secondary N) is 2. The van der Waals surface area contributed by atoms with Crippen LogP contribution in [-0.4, -0.2) is 19.5 Å². The van der Waals surface area contributed by atoms with Crippen molar-refractivity contribution in [2.45, 2.75) is 12.7 Å². The molecule has 2 N–H and O–H groups in total. The maximum Gasteiger partial charge on any atom is 0.416 e. The lowest BCUT2D eigenvalue weighted by molar-refractivity contribution is -0.137. The van der Waals surface area contributed by atoms with Gasteiger partial charge in [-0.3, -0.25) is 0 Å². The first-order valence-corrected chi connectivity index (χ1v) is 9.06. The van der Waals surface area contributed by atoms with Crippen LogP contribution >= 0.6 is 0 Å². The molecular formula is C21H17F3N6. The van der Waals surface area contributed by atoms with Gasteiger partial charge >= 0.3 is 6.18 Å². The van der Waals surface area contributed by atoms with Crippen molar-refractivity contribution in [1.82, 2.24) is 19.5 Å². The van der Waals surface area contributed by atoms with E-state index in [-0.39, 0.29) is 6.54 Å². The Bertz CT molecular complexity index is 1110. The maximum absolute atomic E-state index is 12.8. The summed E-state index contributed by atoms with van der Waals surface area (Å²) in [6, 6.07) is 14.5. The second kappa shape index (κ2) is 8.24. The van der Waals surface area contributed by atoms with Gasteiger partial charge in [-0.15, -0.1) is 0 Å². The fourth-order valence-electron chi connectivity index (χ4n) is 2.83. The summed E-state index contributed by atoms with van der Waals surface area (Å²) in [5, 5.41) is 6.13. The molecular weight excluding hydrogens is 393 g/mol. The molecule has 0 bridgehead atoms. The molecule has 9 heteroatoms. The van der Waals surface area contributed by atoms with Crippen molar-refractivity contribution in [3.05, 3.63) is 90.6 Å². The normalized spacial score (nSPS) is 11.3. The van der Waals surface area contributed by atoms with E-state index in [1.165, 1.54) is 6.07 Å². The Balaban J connectivity index is 1.41. The van der Waals surface area contributed by atoms with Crippen molar-refractivity contribution in [2.24, 2.45) is 0 Å². The van der Waals surface area contributed by atoms with Gasteiger partial charge in [0.05, 0.1) is 11.9 Å². The molecule has 30 heavy (non-hydrogen) atoms. The van der Waals surface area contributed by atoms with Gasteiger partial charge in [0.1, 0.15) is 5.82 Å². The van der Waals surface area contributed by atoms with Crippen molar-refractivity contribution < 1.29 is 13.2 Å². The van der Waals surface area contributed by atoms with E-state index >= 15 is 0 Å². The third-order valence-corrected chi connectivity index (χ3v) is 4.31. The van der Waals surface area contributed by atoms with Crippen molar-refractivity contribution in [3.8, 4) is 5.69 Å². The fraction of sp³-hybridized carbons (Fsp3) is 0.0952. The second-order valence-electron chi connectivity index (χ2n) is 6.46. The number of benzene rings is 2. The number of imidazole rings is 1. The predicted molar refractivity (Wildman–Crippen MR) is 108 cm³/mol. The first kappa shape index (κ1) is 19.4. The van der Waals surface area contributed by atoms with Crippen molar-refractivity contribution in [1.29, 1.82) is 0 Å². The number of nitrogens with zero attached hydrogens (tertiary/aromatic N) is 4. The quantitative estimate of drug-likeness (QED) is 0.466. The van der Waals surface area contributed by atoms with E-state index < -0.39 is 11.7 Å². The van der Waals surface area contributed by atoms with Crippen LogP contribution in [0.4, 0.5) is 30.6 Å². The standard InChI is InChI=1S/C21H17F3N6/c22-21(23,24)16-3-1-2-15(12-16)13-27-19-8-9-26-20(29-19)28-17-4-6-18(7-5-17)30-11-10-25-14-30/h1-12,14H,13H2,(H2,26,27,28,29). The average molecular weight is 410 g/mol. The smallest absolute Gasteiger partial charge is 0.366 e. The summed E-state index contributed by atoms with van der Waals surface area (Å²) < 4.78 is 40.4. The molecule has 0 unspecified atom stereocenters. The van der Waals surface area contributed by atoms with Crippen molar-refractivity contribution in [2.75, 3.05) is 10.6 Å². The van der Waals surface area contributed by atoms with E-state index in [0.29, 0.717) is 17.3 Å². The van der Waals surface area contributed by atoms with Crippen LogP contribution < -0.4 is 10.6 Å². The Morgan fingerprint density at radius 3 is 2.53 bits per heavy atom. The number of hydrogen-bond acceptors (Lipinski definition) is 5. The van der Waals surface area contributed by atoms with Crippen molar-refractivity contribution >= 4 is 17.5 Å². The number of halogens is 3. The fourth-order valence-corrected chi connectivity index (χ4v) is 2.83. The highest BCUT2D eigenvalue weighted by Gasteiger charge is 2.30. The van der Waals surface area contributed by atoms with Crippen LogP contribution in [0.25, 0.3) is 5.69 Å². The molecule has 0 fully saturated rings. The number of hydrogen-bond donors (Lipinski definition) is 2. The predicted octanol–water partition coefficient (Wildman–Crippen LogP) is 5.04. The zero-order valence-corrected chi connectivity index (χ0v) is 15.6. The molecule has 0 saturated heterocycles. The van der Waals surface area contributed by atoms with Gasteiger partial charge < -0.3 is 15.2 Å². The van der Waals surface area contributed by atoms with Crippen LogP contribution in [0.2, 0.25) is 0 Å². The van der Waals surface area contributed by atoms with Gasteiger partial charge in [0.15, 0.2) is 0 Å². The average Bonchev–Trinajstić information content (AvgIpc) is 3.28. The number of rotatable bonds is 6. The Hall–Kier alpha value is -3.88. The zero-order valence-electron chi connectivity index (χ0n) is 15.6. The van der Waals surface area contributed by atoms with Crippen LogP contribution in [0, 0.1) is 0 Å². The number of aromatic nitrogens is 4. The highest BCUT2D eigenvalue weighted by atomic mass is 19.4. The molecule has 0 atom stereocenters. The van der Waals surface area contributed by atoms with Crippen LogP contribution in [0.3, 0.4) is 0 Å². The molecule has 0 radical (unpaired) electrons. The molecule has 0 spiro atoms. The molecule has 2 heterocycles. The summed E-state index contributed by atoms with van der Waals surface area (Å²) in [6.07, 6.45) is 2.48. The highest BCUT2D eigenvalue weighted by Crippen LogP contribution is 2.29. The minimum Gasteiger partial charge on any atom is -0.366 e. The van der Waals surface area contributed by atoms with Crippen molar-refractivity contribution in [3.63, 3.8) is 0 Å². The first-order valence-electron chi connectivity index (χ1n) is 9.06. The molecule has 0 saturated carbocycles. The molecule has 0 aliphatic rings. The molecule has 2 aromatic heterocycles. The maximum atomic E-state index is 12.8. The SMILES string of the molecule is FC(F)(F)c1cccc(CNc2ccnc(Nc3ccc(-n4ccnc4)cc3)n2)c1. The van der Waals surface area contributed by atoms with E-state index in [4.69, 9.17) is 0 Å². The first-order chi connectivity index (χ1) is 14.5. The summed E-state index contributed by atoms with van der Waals surface area (Å²) in [6.45, 7) is 0.208. The lowest BCUT2D eigenvalue weighted by Gasteiger charge is -2.11. The van der Waals surface area contributed by atoms with E-state index in [9.17, 15) is 13.2 Å². The van der Waals surface area contributed by atoms with E-state index in [2.05, 4.69) is 25.6 Å². The minimum atomic E-state index is -4.37. The monoisotopic (exact) mass is 410 g/mol. The Kier molecular flexibility index (Phi) is 5.34. The van der Waals surface area contributed by atoms with Crippen LogP contribution in [0.1, 0.15) is 11.1 Å². The van der Waals surface area contributed by atoms with E-state index in [1.807, 2.05) is 35.0 Å². The van der Waals surface area contributed by atoms with Gasteiger partial charge in [0, 0.05) is 36.5 Å². The van der Waals surface area contributed by atoms with Gasteiger partial charge in [-0.25, -0.2) is 9.97 Å². The third-order valence-electron chi connectivity index (χ3n) is 4.31. The number of anilines is 3. The molecule has 4 rings (SSSR count). The summed E-state index contributed by atoms with van der Waals surface area (Å²) in [5.74, 6) is 0.874. The molecule has 0 amide bonds. The molecule has 0 aliphatic carbocycles. The lowest BCUT2D eigenvalue weighted by atomic mass is 10.1. The van der Waals surface area contributed by atoms with Crippen LogP contribution in [0.5, 0.6) is 0 Å². The van der Waals surface area contributed by atoms with E-state index in [1.54, 1.807) is 30.9 Å². The Morgan fingerprint density at radius 1 is 0.967 bits per heavy atom. The molecule has 152 valence electrons. The molecule has 0 aliphatic heterocycles. The van der Waals surface area contributed by atoms with Gasteiger partial charge in [-0.05, 0) is 48.0 Å². The zero-order chi connectivity index (χ0) is 21.0. The van der Waals surface area contributed by atoms with Gasteiger partial charge in [0.25, 0.3) is 0 Å². The highest BCUT2D eigenvalue weighted by molar-refractivity contribution is 5.56. The number of alkyl halides is 3. The second-order valence-corrected chi connectivity index (χ2v) is 6.46.